The minimum Gasteiger partial charge on any atom is -0.392 e. The van der Waals surface area contributed by atoms with Crippen molar-refractivity contribution in [2.75, 3.05) is 7.11 Å². The molecule has 0 amide bonds. The second-order valence-corrected chi connectivity index (χ2v) is 5.59. The van der Waals surface area contributed by atoms with E-state index < -0.39 is 12.2 Å². The second-order valence-electron chi connectivity index (χ2n) is 5.59. The van der Waals surface area contributed by atoms with E-state index in [1.807, 2.05) is 24.3 Å². The van der Waals surface area contributed by atoms with Crippen molar-refractivity contribution in [3.8, 4) is 0 Å². The molecule has 0 heterocycles. The van der Waals surface area contributed by atoms with Crippen LogP contribution in [0.2, 0.25) is 0 Å². The number of rotatable bonds is 6. The van der Waals surface area contributed by atoms with E-state index in [0.717, 1.165) is 11.1 Å². The van der Waals surface area contributed by atoms with Crippen molar-refractivity contribution >= 4 is 5.78 Å². The number of hydrogen-bond donors (Lipinski definition) is 2. The lowest BCUT2D eigenvalue weighted by Crippen LogP contribution is -2.12. The predicted octanol–water partition coefficient (Wildman–Crippen LogP) is 1.63. The third-order valence-electron chi connectivity index (χ3n) is 3.72. The summed E-state index contributed by atoms with van der Waals surface area (Å²) in [5.41, 5.74) is 2.10. The number of methoxy groups -OCH3 is 1. The maximum absolute atomic E-state index is 11.2. The third kappa shape index (κ3) is 4.77. The van der Waals surface area contributed by atoms with E-state index in [0.29, 0.717) is 19.4 Å². The Hall–Kier alpha value is -1.49. The highest BCUT2D eigenvalue weighted by molar-refractivity contribution is 5.81. The number of aliphatic hydroxyl groups is 2. The highest BCUT2D eigenvalue weighted by Gasteiger charge is 2.29. The van der Waals surface area contributed by atoms with E-state index in [2.05, 4.69) is 0 Å². The van der Waals surface area contributed by atoms with Crippen LogP contribution in [-0.4, -0.2) is 35.3 Å². The number of ether oxygens (including phenoxy) is 1. The van der Waals surface area contributed by atoms with Gasteiger partial charge in [0.2, 0.25) is 0 Å². The lowest BCUT2D eigenvalue weighted by Gasteiger charge is -2.10. The maximum atomic E-state index is 11.2. The minimum atomic E-state index is -0.620. The summed E-state index contributed by atoms with van der Waals surface area (Å²) in [6.07, 6.45) is 3.31. The molecule has 114 valence electrons. The molecule has 0 saturated heterocycles. The smallest absolute Gasteiger partial charge is 0.136 e. The van der Waals surface area contributed by atoms with Crippen LogP contribution in [0.1, 0.15) is 24.0 Å². The Balaban J connectivity index is 1.90. The number of carbonyl (C=O) groups excluding carboxylic acids is 1. The molecule has 0 unspecified atom stereocenters. The molecule has 1 aromatic carbocycles. The van der Waals surface area contributed by atoms with Gasteiger partial charge in [-0.1, -0.05) is 36.4 Å². The number of carbonyl (C=O) groups is 1. The van der Waals surface area contributed by atoms with Gasteiger partial charge in [-0.3, -0.25) is 4.79 Å². The molecule has 2 N–H and O–H groups in total. The van der Waals surface area contributed by atoms with Crippen LogP contribution >= 0.6 is 0 Å². The van der Waals surface area contributed by atoms with E-state index in [-0.39, 0.29) is 18.1 Å². The van der Waals surface area contributed by atoms with Gasteiger partial charge < -0.3 is 14.9 Å². The van der Waals surface area contributed by atoms with Crippen LogP contribution in [0.15, 0.2) is 36.4 Å². The third-order valence-corrected chi connectivity index (χ3v) is 3.72. The Morgan fingerprint density at radius 1 is 1.38 bits per heavy atom. The molecular weight excluding hydrogens is 268 g/mol. The largest absolute Gasteiger partial charge is 0.392 e. The quantitative estimate of drug-likeness (QED) is 0.782. The fourth-order valence-corrected chi connectivity index (χ4v) is 2.66. The molecule has 4 heteroatoms. The highest BCUT2D eigenvalue weighted by atomic mass is 16.5. The van der Waals surface area contributed by atoms with Crippen LogP contribution in [0.3, 0.4) is 0 Å². The summed E-state index contributed by atoms with van der Waals surface area (Å²) in [6.45, 7) is 0.552. The van der Waals surface area contributed by atoms with Gasteiger partial charge in [-0.2, -0.15) is 0 Å². The molecule has 0 radical (unpaired) electrons. The SMILES string of the molecule is COCc1cccc(C[C@H](O)/C=C/[C@@H]2CC(=O)C[C@H]2O)c1. The average Bonchev–Trinajstić information content (AvgIpc) is 2.75. The summed E-state index contributed by atoms with van der Waals surface area (Å²) >= 11 is 0. The normalized spacial score (nSPS) is 23.9. The Kier molecular flexibility index (Phi) is 5.67. The number of benzene rings is 1. The molecule has 1 saturated carbocycles. The maximum Gasteiger partial charge on any atom is 0.136 e. The first-order chi connectivity index (χ1) is 10.1. The molecule has 0 aromatic heterocycles. The molecule has 3 atom stereocenters. The summed E-state index contributed by atoms with van der Waals surface area (Å²) in [5, 5.41) is 19.7. The van der Waals surface area contributed by atoms with Crippen molar-refractivity contribution in [2.45, 2.75) is 38.1 Å². The monoisotopic (exact) mass is 290 g/mol. The van der Waals surface area contributed by atoms with Gasteiger partial charge in [0.15, 0.2) is 0 Å². The van der Waals surface area contributed by atoms with Crippen LogP contribution in [-0.2, 0) is 22.6 Å². The number of aliphatic hydroxyl groups excluding tert-OH is 2. The first-order valence-electron chi connectivity index (χ1n) is 7.21. The first kappa shape index (κ1) is 15.9. The van der Waals surface area contributed by atoms with E-state index >= 15 is 0 Å². The molecule has 4 nitrogen and oxygen atoms in total. The average molecular weight is 290 g/mol. The first-order valence-corrected chi connectivity index (χ1v) is 7.21. The fraction of sp³-hybridized carbons (Fsp3) is 0.471. The van der Waals surface area contributed by atoms with Crippen LogP contribution < -0.4 is 0 Å². The van der Waals surface area contributed by atoms with Crippen molar-refractivity contribution in [3.63, 3.8) is 0 Å². The van der Waals surface area contributed by atoms with Crippen LogP contribution in [0.4, 0.5) is 0 Å². The molecule has 1 aromatic rings. The standard InChI is InChI=1S/C17H22O4/c1-21-11-13-4-2-3-12(7-13)8-15(18)6-5-14-9-16(19)10-17(14)20/h2-7,14-15,17-18,20H,8-11H2,1H3/b6-5+/t14-,15-,17-/m1/s1. The van der Waals surface area contributed by atoms with E-state index in [9.17, 15) is 15.0 Å². The van der Waals surface area contributed by atoms with Gasteiger partial charge >= 0.3 is 0 Å². The van der Waals surface area contributed by atoms with Gasteiger partial charge in [-0.15, -0.1) is 0 Å². The molecule has 0 aliphatic heterocycles. The summed E-state index contributed by atoms with van der Waals surface area (Å²) in [6, 6.07) is 7.90. The zero-order valence-electron chi connectivity index (χ0n) is 12.2. The van der Waals surface area contributed by atoms with Crippen molar-refractivity contribution < 1.29 is 19.7 Å². The van der Waals surface area contributed by atoms with Crippen LogP contribution in [0.5, 0.6) is 0 Å². The van der Waals surface area contributed by atoms with Crippen molar-refractivity contribution in [2.24, 2.45) is 5.92 Å². The molecule has 0 spiro atoms. The molecule has 21 heavy (non-hydrogen) atoms. The molecule has 1 aliphatic rings. The van der Waals surface area contributed by atoms with Crippen molar-refractivity contribution in [3.05, 3.63) is 47.5 Å². The van der Waals surface area contributed by atoms with E-state index in [1.54, 1.807) is 19.3 Å². The summed E-state index contributed by atoms with van der Waals surface area (Å²) in [5.74, 6) is -0.0779. The number of Topliss-reactive ketones (excluding diaryl/α,β-unsaturated/α-hetero) is 1. The Morgan fingerprint density at radius 3 is 2.81 bits per heavy atom. The van der Waals surface area contributed by atoms with Gasteiger partial charge in [-0.05, 0) is 11.1 Å². The van der Waals surface area contributed by atoms with Gasteiger partial charge in [-0.25, -0.2) is 0 Å². The van der Waals surface area contributed by atoms with Crippen LogP contribution in [0.25, 0.3) is 0 Å². The molecular formula is C17H22O4. The second kappa shape index (κ2) is 7.50. The predicted molar refractivity (Wildman–Crippen MR) is 79.7 cm³/mol. The number of ketones is 1. The summed E-state index contributed by atoms with van der Waals surface area (Å²) < 4.78 is 5.09. The minimum absolute atomic E-state index is 0.0823. The molecule has 0 bridgehead atoms. The Morgan fingerprint density at radius 2 is 2.14 bits per heavy atom. The highest BCUT2D eigenvalue weighted by Crippen LogP contribution is 2.24. The Labute approximate surface area is 125 Å². The summed E-state index contributed by atoms with van der Waals surface area (Å²) in [4.78, 5) is 11.2. The van der Waals surface area contributed by atoms with Gasteiger partial charge in [0, 0.05) is 32.3 Å². The molecule has 1 aliphatic carbocycles. The lowest BCUT2D eigenvalue weighted by atomic mass is 10.0. The Bertz CT molecular complexity index is 509. The van der Waals surface area contributed by atoms with Gasteiger partial charge in [0.05, 0.1) is 18.8 Å². The number of hydrogen-bond acceptors (Lipinski definition) is 4. The van der Waals surface area contributed by atoms with Gasteiger partial charge in [0.1, 0.15) is 5.78 Å². The van der Waals surface area contributed by atoms with Crippen molar-refractivity contribution in [1.29, 1.82) is 0 Å². The topological polar surface area (TPSA) is 66.8 Å². The molecule has 2 rings (SSSR count). The summed E-state index contributed by atoms with van der Waals surface area (Å²) in [7, 11) is 1.65. The molecule has 1 fully saturated rings. The van der Waals surface area contributed by atoms with E-state index in [4.69, 9.17) is 4.74 Å². The van der Waals surface area contributed by atoms with Crippen molar-refractivity contribution in [1.82, 2.24) is 0 Å². The lowest BCUT2D eigenvalue weighted by molar-refractivity contribution is -0.117. The van der Waals surface area contributed by atoms with Crippen LogP contribution in [0, 0.1) is 5.92 Å². The van der Waals surface area contributed by atoms with E-state index in [1.165, 1.54) is 0 Å². The fourth-order valence-electron chi connectivity index (χ4n) is 2.66. The van der Waals surface area contributed by atoms with Gasteiger partial charge in [0.25, 0.3) is 0 Å². The zero-order valence-corrected chi connectivity index (χ0v) is 12.2. The zero-order chi connectivity index (χ0) is 15.2.